The Morgan fingerprint density at radius 3 is 2.53 bits per heavy atom. The number of hydrogen-bond acceptors (Lipinski definition) is 1. The van der Waals surface area contributed by atoms with E-state index in [9.17, 15) is 0 Å². The molecule has 0 amide bonds. The maximum absolute atomic E-state index is 5.98. The number of nitrogens with zero attached hydrogens (tertiary/aromatic N) is 1. The lowest BCUT2D eigenvalue weighted by Crippen LogP contribution is -2.72. The Morgan fingerprint density at radius 1 is 1.33 bits per heavy atom. The Balaban J connectivity index is 3.06. The fraction of sp³-hybridized carbons (Fsp3) is 0.111. The summed E-state index contributed by atoms with van der Waals surface area (Å²) < 4.78 is 0. The van der Waals surface area contributed by atoms with E-state index in [2.05, 4.69) is 10.2 Å². The number of hydrogen-bond donors (Lipinski definition) is 3. The molecule has 0 aromatic heterocycles. The van der Waals surface area contributed by atoms with Gasteiger partial charge in [-0.25, -0.2) is 0 Å². The third-order valence-electron chi connectivity index (χ3n) is 1.67. The minimum Gasteiger partial charge on any atom is -0.289 e. The van der Waals surface area contributed by atoms with Gasteiger partial charge in [0.05, 0.1) is 10.7 Å². The van der Waals surface area contributed by atoms with Gasteiger partial charge >= 0.3 is 5.96 Å². The van der Waals surface area contributed by atoms with Crippen LogP contribution in [0.2, 0.25) is 10.0 Å². The Hall–Kier alpha value is -1.26. The lowest BCUT2D eigenvalue weighted by atomic mass is 10.1. The van der Waals surface area contributed by atoms with Gasteiger partial charge in [0.2, 0.25) is 0 Å². The number of hydrazone groups is 1. The first-order valence-corrected chi connectivity index (χ1v) is 4.90. The molecule has 1 aromatic rings. The van der Waals surface area contributed by atoms with Crippen LogP contribution in [-0.2, 0) is 0 Å². The smallest absolute Gasteiger partial charge is 0.289 e. The first-order valence-electron chi connectivity index (χ1n) is 4.14. The molecule has 0 aliphatic carbocycles. The molecule has 15 heavy (non-hydrogen) atoms. The highest BCUT2D eigenvalue weighted by Gasteiger charge is 2.04. The minimum absolute atomic E-state index is 0.0273. The second kappa shape index (κ2) is 5.00. The molecular weight excluding hydrogens is 235 g/mol. The summed E-state index contributed by atoms with van der Waals surface area (Å²) in [5.41, 5.74) is 11.9. The van der Waals surface area contributed by atoms with Gasteiger partial charge in [-0.05, 0) is 19.1 Å². The molecule has 0 heterocycles. The first kappa shape index (κ1) is 11.8. The van der Waals surface area contributed by atoms with Crippen LogP contribution in [0.3, 0.4) is 0 Å². The Morgan fingerprint density at radius 2 is 2.00 bits per heavy atom. The van der Waals surface area contributed by atoms with Crippen molar-refractivity contribution < 1.29 is 5.10 Å². The number of benzene rings is 1. The largest absolute Gasteiger partial charge is 0.362 e. The van der Waals surface area contributed by atoms with Crippen LogP contribution in [-0.4, -0.2) is 11.7 Å². The van der Waals surface area contributed by atoms with Crippen molar-refractivity contribution in [3.8, 4) is 0 Å². The molecule has 4 nitrogen and oxygen atoms in total. The highest BCUT2D eigenvalue weighted by atomic mass is 35.5. The molecule has 0 saturated carbocycles. The zero-order valence-electron chi connectivity index (χ0n) is 8.09. The topological polar surface area (TPSA) is 78.4 Å². The molecule has 0 unspecified atom stereocenters. The van der Waals surface area contributed by atoms with E-state index < -0.39 is 0 Å². The monoisotopic (exact) mass is 245 g/mol. The number of nitrogens with one attached hydrogen (secondary N) is 1. The molecule has 5 N–H and O–H groups in total. The molecule has 0 spiro atoms. The number of guanidine groups is 1. The second-order valence-electron chi connectivity index (χ2n) is 2.89. The standard InChI is InChI=1S/C9H10Cl2N4/c1-5(14-15-9(12)13)7-3-2-6(10)4-8(7)11/h2-4H,1H3,(H4,12,13,15)/p+1/b14-5-. The van der Waals surface area contributed by atoms with E-state index >= 15 is 0 Å². The Bertz CT molecular complexity index is 422. The van der Waals surface area contributed by atoms with E-state index in [0.717, 1.165) is 5.56 Å². The van der Waals surface area contributed by atoms with Gasteiger partial charge < -0.3 is 0 Å². The van der Waals surface area contributed by atoms with Gasteiger partial charge in [0.25, 0.3) is 0 Å². The van der Waals surface area contributed by atoms with E-state index in [1.165, 1.54) is 0 Å². The zero-order chi connectivity index (χ0) is 11.4. The summed E-state index contributed by atoms with van der Waals surface area (Å²) in [4.78, 5) is 0. The van der Waals surface area contributed by atoms with Crippen LogP contribution in [0.1, 0.15) is 12.5 Å². The van der Waals surface area contributed by atoms with Gasteiger partial charge in [-0.1, -0.05) is 29.3 Å². The van der Waals surface area contributed by atoms with Gasteiger partial charge in [0.1, 0.15) is 0 Å². The van der Waals surface area contributed by atoms with Crippen LogP contribution in [0.5, 0.6) is 0 Å². The minimum atomic E-state index is 0.0273. The lowest BCUT2D eigenvalue weighted by Gasteiger charge is -2.01. The molecule has 1 rings (SSSR count). The number of nitrogens with two attached hydrogens (primary N) is 2. The first-order chi connectivity index (χ1) is 7.00. The quantitative estimate of drug-likeness (QED) is 0.392. The molecule has 6 heteroatoms. The summed E-state index contributed by atoms with van der Waals surface area (Å²) in [5.74, 6) is 0.0273. The van der Waals surface area contributed by atoms with E-state index in [0.29, 0.717) is 15.8 Å². The second-order valence-corrected chi connectivity index (χ2v) is 3.73. The van der Waals surface area contributed by atoms with Crippen LogP contribution in [0, 0.1) is 0 Å². The van der Waals surface area contributed by atoms with E-state index in [1.807, 2.05) is 0 Å². The van der Waals surface area contributed by atoms with Crippen LogP contribution in [0.4, 0.5) is 0 Å². The zero-order valence-corrected chi connectivity index (χ0v) is 9.60. The molecule has 0 aliphatic heterocycles. The van der Waals surface area contributed by atoms with E-state index in [4.69, 9.17) is 34.7 Å². The summed E-state index contributed by atoms with van der Waals surface area (Å²) in [5, 5.41) is 7.50. The van der Waals surface area contributed by atoms with Crippen molar-refractivity contribution in [2.45, 2.75) is 6.92 Å². The third kappa shape index (κ3) is 3.42. The molecular formula is C9H11Cl2N4+. The number of rotatable bonds is 2. The molecule has 0 bridgehead atoms. The molecule has 0 radical (unpaired) electrons. The molecule has 0 fully saturated rings. The average Bonchev–Trinajstić information content (AvgIpc) is 2.14. The van der Waals surface area contributed by atoms with Crippen molar-refractivity contribution in [3.63, 3.8) is 0 Å². The van der Waals surface area contributed by atoms with E-state index in [1.54, 1.807) is 25.1 Å². The van der Waals surface area contributed by atoms with Crippen LogP contribution < -0.4 is 16.6 Å². The maximum Gasteiger partial charge on any atom is 0.362 e. The van der Waals surface area contributed by atoms with Crippen molar-refractivity contribution in [2.75, 3.05) is 0 Å². The predicted octanol–water partition coefficient (Wildman–Crippen LogP) is 0.0714. The van der Waals surface area contributed by atoms with Crippen molar-refractivity contribution in [1.82, 2.24) is 0 Å². The molecule has 0 atom stereocenters. The van der Waals surface area contributed by atoms with E-state index in [-0.39, 0.29) is 5.96 Å². The summed E-state index contributed by atoms with van der Waals surface area (Å²) in [7, 11) is 0. The lowest BCUT2D eigenvalue weighted by molar-refractivity contribution is -0.464. The SMILES string of the molecule is C/C(=N/[NH+]=C(N)N)c1ccc(Cl)cc1Cl. The van der Waals surface area contributed by atoms with Gasteiger partial charge in [-0.15, -0.1) is 5.10 Å². The van der Waals surface area contributed by atoms with Gasteiger partial charge in [0.15, 0.2) is 0 Å². The Kier molecular flexibility index (Phi) is 3.94. The molecule has 0 aliphatic rings. The van der Waals surface area contributed by atoms with Crippen molar-refractivity contribution in [3.05, 3.63) is 33.8 Å². The maximum atomic E-state index is 5.98. The van der Waals surface area contributed by atoms with Gasteiger partial charge in [-0.2, -0.15) is 5.10 Å². The normalized spacial score (nSPS) is 11.3. The highest BCUT2D eigenvalue weighted by Crippen LogP contribution is 2.21. The average molecular weight is 246 g/mol. The predicted molar refractivity (Wildman–Crippen MR) is 63.0 cm³/mol. The van der Waals surface area contributed by atoms with Crippen molar-refractivity contribution >= 4 is 34.9 Å². The number of halogens is 2. The van der Waals surface area contributed by atoms with Crippen LogP contribution >= 0.6 is 23.2 Å². The summed E-state index contributed by atoms with van der Waals surface area (Å²) in [6.45, 7) is 1.78. The van der Waals surface area contributed by atoms with Crippen LogP contribution in [0.15, 0.2) is 23.3 Å². The fourth-order valence-corrected chi connectivity index (χ4v) is 1.54. The highest BCUT2D eigenvalue weighted by molar-refractivity contribution is 6.36. The third-order valence-corrected chi connectivity index (χ3v) is 2.22. The summed E-state index contributed by atoms with van der Waals surface area (Å²) >= 11 is 11.7. The molecule has 1 aromatic carbocycles. The summed E-state index contributed by atoms with van der Waals surface area (Å²) in [6.07, 6.45) is 0. The van der Waals surface area contributed by atoms with Crippen LogP contribution in [0.25, 0.3) is 0 Å². The summed E-state index contributed by atoms with van der Waals surface area (Å²) in [6, 6.07) is 5.15. The van der Waals surface area contributed by atoms with Crippen molar-refractivity contribution in [1.29, 1.82) is 0 Å². The van der Waals surface area contributed by atoms with Crippen molar-refractivity contribution in [2.24, 2.45) is 16.6 Å². The molecule has 0 saturated heterocycles. The molecule has 80 valence electrons. The Labute approximate surface area is 97.6 Å². The van der Waals surface area contributed by atoms with Gasteiger partial charge in [0, 0.05) is 10.6 Å². The van der Waals surface area contributed by atoms with Gasteiger partial charge in [-0.3, -0.25) is 11.5 Å². The fourth-order valence-electron chi connectivity index (χ4n) is 0.992.